The van der Waals surface area contributed by atoms with Crippen LogP contribution in [0.25, 0.3) is 0 Å². The number of hydrogen-bond donors (Lipinski definition) is 1. The van der Waals surface area contributed by atoms with Gasteiger partial charge in [-0.15, -0.1) is 11.3 Å². The number of carbonyl (C=O) groups is 1. The van der Waals surface area contributed by atoms with E-state index in [-0.39, 0.29) is 6.42 Å². The van der Waals surface area contributed by atoms with Gasteiger partial charge in [-0.3, -0.25) is 4.79 Å². The van der Waals surface area contributed by atoms with Gasteiger partial charge in [0, 0.05) is 11.6 Å². The maximum absolute atomic E-state index is 10.5. The number of pyridine rings is 1. The first-order valence-corrected chi connectivity index (χ1v) is 7.08. The Hall–Kier alpha value is -0.920. The van der Waals surface area contributed by atoms with Gasteiger partial charge in [-0.05, 0) is 39.8 Å². The fourth-order valence-electron chi connectivity index (χ4n) is 1.10. The van der Waals surface area contributed by atoms with Crippen LogP contribution in [0.15, 0.2) is 37.5 Å². The summed E-state index contributed by atoms with van der Waals surface area (Å²) in [5.41, 5.74) is 0.581. The SMILES string of the molecule is O=C(O)Cc1csc(Sc2ncccc2Br)n1. The lowest BCUT2D eigenvalue weighted by molar-refractivity contribution is -0.136. The summed E-state index contributed by atoms with van der Waals surface area (Å²) in [6.45, 7) is 0. The number of thiazole rings is 1. The zero-order valence-electron chi connectivity index (χ0n) is 8.46. The fraction of sp³-hybridized carbons (Fsp3) is 0.100. The van der Waals surface area contributed by atoms with E-state index in [9.17, 15) is 4.79 Å². The molecular formula is C10H7BrN2O2S2. The third-order valence-electron chi connectivity index (χ3n) is 1.77. The maximum atomic E-state index is 10.5. The van der Waals surface area contributed by atoms with Gasteiger partial charge in [-0.2, -0.15) is 0 Å². The highest BCUT2D eigenvalue weighted by atomic mass is 79.9. The molecule has 0 amide bonds. The number of hydrogen-bond acceptors (Lipinski definition) is 5. The minimum atomic E-state index is -0.870. The van der Waals surface area contributed by atoms with Gasteiger partial charge < -0.3 is 5.11 Å². The number of rotatable bonds is 4. The largest absolute Gasteiger partial charge is 0.481 e. The van der Waals surface area contributed by atoms with Gasteiger partial charge in [0.15, 0.2) is 4.34 Å². The molecule has 4 nitrogen and oxygen atoms in total. The molecule has 0 spiro atoms. The predicted octanol–water partition coefficient (Wildman–Crippen LogP) is 3.08. The lowest BCUT2D eigenvalue weighted by Crippen LogP contribution is -1.99. The molecule has 2 aromatic rings. The number of halogens is 1. The van der Waals surface area contributed by atoms with E-state index in [0.717, 1.165) is 13.8 Å². The first kappa shape index (κ1) is 12.5. The van der Waals surface area contributed by atoms with Crippen LogP contribution >= 0.6 is 39.0 Å². The minimum Gasteiger partial charge on any atom is -0.481 e. The highest BCUT2D eigenvalue weighted by Gasteiger charge is 2.09. The van der Waals surface area contributed by atoms with Crippen molar-refractivity contribution >= 4 is 45.0 Å². The van der Waals surface area contributed by atoms with Crippen LogP contribution < -0.4 is 0 Å². The van der Waals surface area contributed by atoms with Crippen molar-refractivity contribution in [2.45, 2.75) is 15.8 Å². The minimum absolute atomic E-state index is 0.0412. The quantitative estimate of drug-likeness (QED) is 0.933. The molecule has 0 fully saturated rings. The van der Waals surface area contributed by atoms with Crippen molar-refractivity contribution in [3.63, 3.8) is 0 Å². The molecule has 0 unspecified atom stereocenters. The average molecular weight is 331 g/mol. The van der Waals surface area contributed by atoms with Crippen molar-refractivity contribution in [2.24, 2.45) is 0 Å². The second-order valence-electron chi connectivity index (χ2n) is 3.07. The Balaban J connectivity index is 2.12. The lowest BCUT2D eigenvalue weighted by atomic mass is 10.3. The van der Waals surface area contributed by atoms with E-state index in [4.69, 9.17) is 5.11 Å². The molecule has 0 aromatic carbocycles. The zero-order chi connectivity index (χ0) is 12.3. The number of aromatic nitrogens is 2. The van der Waals surface area contributed by atoms with E-state index in [1.54, 1.807) is 11.6 Å². The molecule has 0 aliphatic heterocycles. The van der Waals surface area contributed by atoms with Gasteiger partial charge in [-0.25, -0.2) is 9.97 Å². The molecule has 17 heavy (non-hydrogen) atoms. The maximum Gasteiger partial charge on any atom is 0.309 e. The highest BCUT2D eigenvalue weighted by molar-refractivity contribution is 9.10. The number of carboxylic acids is 1. The van der Waals surface area contributed by atoms with Gasteiger partial charge in [0.25, 0.3) is 0 Å². The molecule has 2 aromatic heterocycles. The second-order valence-corrected chi connectivity index (χ2v) is 6.02. The molecule has 0 saturated carbocycles. The first-order valence-electron chi connectivity index (χ1n) is 4.59. The normalized spacial score (nSPS) is 10.4. The summed E-state index contributed by atoms with van der Waals surface area (Å²) >= 11 is 6.24. The second kappa shape index (κ2) is 5.61. The van der Waals surface area contributed by atoms with Crippen molar-refractivity contribution in [2.75, 3.05) is 0 Å². The number of nitrogens with zero attached hydrogens (tertiary/aromatic N) is 2. The summed E-state index contributed by atoms with van der Waals surface area (Å²) in [6.07, 6.45) is 1.67. The van der Waals surface area contributed by atoms with Crippen LogP contribution in [-0.2, 0) is 11.2 Å². The number of carboxylic acid groups (broad SMARTS) is 1. The van der Waals surface area contributed by atoms with E-state index in [0.29, 0.717) is 5.69 Å². The molecule has 88 valence electrons. The number of aliphatic carboxylic acids is 1. The topological polar surface area (TPSA) is 63.1 Å². The third kappa shape index (κ3) is 3.52. The highest BCUT2D eigenvalue weighted by Crippen LogP contribution is 2.33. The van der Waals surface area contributed by atoms with E-state index >= 15 is 0 Å². The molecule has 0 saturated heterocycles. The van der Waals surface area contributed by atoms with E-state index in [1.807, 2.05) is 12.1 Å². The lowest BCUT2D eigenvalue weighted by Gasteiger charge is -1.98. The molecule has 0 bridgehead atoms. The van der Waals surface area contributed by atoms with Gasteiger partial charge in [0.2, 0.25) is 0 Å². The van der Waals surface area contributed by atoms with Gasteiger partial charge >= 0.3 is 5.97 Å². The molecule has 1 N–H and O–H groups in total. The first-order chi connectivity index (χ1) is 8.15. The monoisotopic (exact) mass is 330 g/mol. The molecular weight excluding hydrogens is 324 g/mol. The van der Waals surface area contributed by atoms with Crippen LogP contribution in [0.5, 0.6) is 0 Å². The van der Waals surface area contributed by atoms with Gasteiger partial charge in [0.05, 0.1) is 16.6 Å². The standard InChI is InChI=1S/C10H7BrN2O2S2/c11-7-2-1-3-12-9(7)17-10-13-6(5-16-10)4-8(14)15/h1-3,5H,4H2,(H,14,15). The Kier molecular flexibility index (Phi) is 4.14. The van der Waals surface area contributed by atoms with E-state index < -0.39 is 5.97 Å². The van der Waals surface area contributed by atoms with Crippen LogP contribution in [0, 0.1) is 0 Å². The zero-order valence-corrected chi connectivity index (χ0v) is 11.7. The Bertz CT molecular complexity index is 545. The average Bonchev–Trinajstić information content (AvgIpc) is 2.68. The van der Waals surface area contributed by atoms with Crippen LogP contribution in [0.1, 0.15) is 5.69 Å². The van der Waals surface area contributed by atoms with Crippen molar-refractivity contribution in [3.05, 3.63) is 33.9 Å². The van der Waals surface area contributed by atoms with E-state index in [2.05, 4.69) is 25.9 Å². The molecule has 0 aliphatic rings. The summed E-state index contributed by atoms with van der Waals surface area (Å²) in [7, 11) is 0. The summed E-state index contributed by atoms with van der Waals surface area (Å²) < 4.78 is 1.70. The van der Waals surface area contributed by atoms with Crippen LogP contribution in [-0.4, -0.2) is 21.0 Å². The molecule has 0 atom stereocenters. The van der Waals surface area contributed by atoms with Crippen molar-refractivity contribution < 1.29 is 9.90 Å². The molecule has 2 rings (SSSR count). The van der Waals surface area contributed by atoms with Crippen molar-refractivity contribution in [1.82, 2.24) is 9.97 Å². The predicted molar refractivity (Wildman–Crippen MR) is 69.5 cm³/mol. The molecule has 0 radical (unpaired) electrons. The molecule has 0 aliphatic carbocycles. The molecule has 2 heterocycles. The van der Waals surface area contributed by atoms with Gasteiger partial charge in [0.1, 0.15) is 5.03 Å². The van der Waals surface area contributed by atoms with Crippen molar-refractivity contribution in [1.29, 1.82) is 0 Å². The van der Waals surface area contributed by atoms with Crippen molar-refractivity contribution in [3.8, 4) is 0 Å². The molecule has 7 heteroatoms. The van der Waals surface area contributed by atoms with Crippen LogP contribution in [0.2, 0.25) is 0 Å². The summed E-state index contributed by atoms with van der Waals surface area (Å²) in [5, 5.41) is 11.2. The Morgan fingerprint density at radius 2 is 2.41 bits per heavy atom. The van der Waals surface area contributed by atoms with Crippen LogP contribution in [0.4, 0.5) is 0 Å². The Morgan fingerprint density at radius 3 is 3.12 bits per heavy atom. The fourth-order valence-corrected chi connectivity index (χ4v) is 3.32. The van der Waals surface area contributed by atoms with Gasteiger partial charge in [-0.1, -0.05) is 0 Å². The smallest absolute Gasteiger partial charge is 0.309 e. The Labute approximate surface area is 114 Å². The Morgan fingerprint density at radius 1 is 1.59 bits per heavy atom. The summed E-state index contributed by atoms with van der Waals surface area (Å²) in [4.78, 5) is 19.0. The summed E-state index contributed by atoms with van der Waals surface area (Å²) in [6, 6.07) is 3.74. The van der Waals surface area contributed by atoms with Crippen LogP contribution in [0.3, 0.4) is 0 Å². The van der Waals surface area contributed by atoms with E-state index in [1.165, 1.54) is 23.1 Å². The summed E-state index contributed by atoms with van der Waals surface area (Å²) in [5.74, 6) is -0.870. The third-order valence-corrected chi connectivity index (χ3v) is 4.68.